The second kappa shape index (κ2) is 9.77. The van der Waals surface area contributed by atoms with Crippen molar-refractivity contribution < 1.29 is 19.1 Å². The van der Waals surface area contributed by atoms with Gasteiger partial charge in [0.1, 0.15) is 5.75 Å². The summed E-state index contributed by atoms with van der Waals surface area (Å²) in [4.78, 5) is 22.2. The van der Waals surface area contributed by atoms with Crippen molar-refractivity contribution in [1.29, 1.82) is 0 Å². The van der Waals surface area contributed by atoms with Crippen molar-refractivity contribution in [3.63, 3.8) is 0 Å². The Morgan fingerprint density at radius 3 is 2.41 bits per heavy atom. The molecule has 0 amide bonds. The Kier molecular flexibility index (Phi) is 7.97. The van der Waals surface area contributed by atoms with Crippen LogP contribution >= 0.6 is 0 Å². The summed E-state index contributed by atoms with van der Waals surface area (Å²) >= 11 is 0. The lowest BCUT2D eigenvalue weighted by Gasteiger charge is -2.09. The smallest absolute Gasteiger partial charge is 0.330 e. The third-order valence-electron chi connectivity index (χ3n) is 3.30. The number of Topliss-reactive ketones (excluding diaryl/α,β-unsaturated/α-hetero) is 1. The predicted molar refractivity (Wildman–Crippen MR) is 86.3 cm³/mol. The summed E-state index contributed by atoms with van der Waals surface area (Å²) in [5.41, 5.74) is 1.68. The largest absolute Gasteiger partial charge is 0.494 e. The average molecular weight is 304 g/mol. The Labute approximate surface area is 132 Å². The highest BCUT2D eigenvalue weighted by atomic mass is 16.5. The average Bonchev–Trinajstić information content (AvgIpc) is 2.49. The minimum atomic E-state index is -0.368. The number of hydrogen-bond acceptors (Lipinski definition) is 4. The molecular formula is C18H24O4. The normalized spacial score (nSPS) is 10.1. The summed E-state index contributed by atoms with van der Waals surface area (Å²) in [5.74, 6) is 0.497. The van der Waals surface area contributed by atoms with E-state index in [1.54, 1.807) is 13.0 Å². The van der Waals surface area contributed by atoms with E-state index >= 15 is 0 Å². The Bertz CT molecular complexity index is 520. The van der Waals surface area contributed by atoms with Crippen LogP contribution in [0.3, 0.4) is 0 Å². The molecule has 0 atom stereocenters. The molecule has 1 aromatic carbocycles. The van der Waals surface area contributed by atoms with Crippen LogP contribution < -0.4 is 4.74 Å². The molecule has 0 heterocycles. The first-order valence-electron chi connectivity index (χ1n) is 7.58. The highest BCUT2D eigenvalue weighted by Crippen LogP contribution is 2.18. The number of rotatable bonds is 10. The van der Waals surface area contributed by atoms with Crippen LogP contribution in [0, 0.1) is 6.92 Å². The minimum Gasteiger partial charge on any atom is -0.494 e. The highest BCUT2D eigenvalue weighted by Gasteiger charge is 2.04. The zero-order valence-electron chi connectivity index (χ0n) is 13.4. The van der Waals surface area contributed by atoms with Crippen molar-refractivity contribution in [1.82, 2.24) is 0 Å². The van der Waals surface area contributed by atoms with Crippen LogP contribution in [0.4, 0.5) is 0 Å². The Hall–Kier alpha value is -2.10. The molecule has 0 unspecified atom stereocenters. The maximum absolute atomic E-state index is 11.3. The molecule has 0 radical (unpaired) electrons. The predicted octanol–water partition coefficient (Wildman–Crippen LogP) is 3.87. The van der Waals surface area contributed by atoms with Crippen molar-refractivity contribution in [2.45, 2.75) is 39.5 Å². The standard InChI is InChI=1S/C18H24O4/c1-4-18(20)22-12-8-6-5-7-11-21-16-9-10-17(15(3)19)14(2)13-16/h4,9-10,13H,1,5-8,11-12H2,2-3H3. The van der Waals surface area contributed by atoms with Crippen LogP contribution in [0.2, 0.25) is 0 Å². The van der Waals surface area contributed by atoms with Gasteiger partial charge in [-0.1, -0.05) is 6.58 Å². The minimum absolute atomic E-state index is 0.0706. The molecule has 0 aliphatic heterocycles. The molecule has 22 heavy (non-hydrogen) atoms. The van der Waals surface area contributed by atoms with Crippen LogP contribution in [0.1, 0.15) is 48.5 Å². The van der Waals surface area contributed by atoms with Gasteiger partial charge in [-0.15, -0.1) is 0 Å². The van der Waals surface area contributed by atoms with E-state index in [1.165, 1.54) is 6.08 Å². The molecule has 1 aromatic rings. The van der Waals surface area contributed by atoms with E-state index in [2.05, 4.69) is 6.58 Å². The molecule has 0 aliphatic carbocycles. The molecule has 0 saturated carbocycles. The maximum atomic E-state index is 11.3. The van der Waals surface area contributed by atoms with Gasteiger partial charge in [-0.3, -0.25) is 4.79 Å². The third-order valence-corrected chi connectivity index (χ3v) is 3.30. The number of ether oxygens (including phenoxy) is 2. The SMILES string of the molecule is C=CC(=O)OCCCCCCOc1ccc(C(C)=O)c(C)c1. The molecule has 0 spiro atoms. The Balaban J connectivity index is 2.15. The van der Waals surface area contributed by atoms with Crippen LogP contribution in [0.5, 0.6) is 5.75 Å². The number of ketones is 1. The number of aryl methyl sites for hydroxylation is 1. The van der Waals surface area contributed by atoms with Gasteiger partial charge in [-0.05, 0) is 63.3 Å². The number of carbonyl (C=O) groups is 2. The fourth-order valence-electron chi connectivity index (χ4n) is 2.10. The third kappa shape index (κ3) is 6.57. The van der Waals surface area contributed by atoms with Crippen molar-refractivity contribution in [2.24, 2.45) is 0 Å². The first-order chi connectivity index (χ1) is 10.5. The lowest BCUT2D eigenvalue weighted by atomic mass is 10.1. The zero-order valence-corrected chi connectivity index (χ0v) is 13.4. The second-order valence-electron chi connectivity index (χ2n) is 5.17. The quantitative estimate of drug-likeness (QED) is 0.285. The number of esters is 1. The first-order valence-corrected chi connectivity index (χ1v) is 7.58. The highest BCUT2D eigenvalue weighted by molar-refractivity contribution is 5.95. The summed E-state index contributed by atoms with van der Waals surface area (Å²) in [7, 11) is 0. The summed E-state index contributed by atoms with van der Waals surface area (Å²) < 4.78 is 10.6. The molecule has 0 saturated heterocycles. The van der Waals surface area contributed by atoms with Gasteiger partial charge in [0.2, 0.25) is 0 Å². The molecule has 0 N–H and O–H groups in total. The molecule has 0 aliphatic rings. The van der Waals surface area contributed by atoms with Gasteiger partial charge in [0.05, 0.1) is 13.2 Å². The van der Waals surface area contributed by atoms with Crippen LogP contribution in [0.15, 0.2) is 30.9 Å². The second-order valence-corrected chi connectivity index (χ2v) is 5.17. The Morgan fingerprint density at radius 2 is 1.82 bits per heavy atom. The van der Waals surface area contributed by atoms with Gasteiger partial charge in [-0.25, -0.2) is 4.79 Å². The number of benzene rings is 1. The van der Waals surface area contributed by atoms with E-state index in [-0.39, 0.29) is 11.8 Å². The van der Waals surface area contributed by atoms with E-state index in [1.807, 2.05) is 19.1 Å². The van der Waals surface area contributed by atoms with E-state index in [0.29, 0.717) is 13.2 Å². The van der Waals surface area contributed by atoms with Crippen molar-refractivity contribution in [3.8, 4) is 5.75 Å². The van der Waals surface area contributed by atoms with E-state index in [4.69, 9.17) is 9.47 Å². The molecular weight excluding hydrogens is 280 g/mol. The number of hydrogen-bond donors (Lipinski definition) is 0. The Morgan fingerprint density at radius 1 is 1.14 bits per heavy atom. The fourth-order valence-corrected chi connectivity index (χ4v) is 2.10. The van der Waals surface area contributed by atoms with Crippen molar-refractivity contribution >= 4 is 11.8 Å². The topological polar surface area (TPSA) is 52.6 Å². The monoisotopic (exact) mass is 304 g/mol. The van der Waals surface area contributed by atoms with Crippen molar-refractivity contribution in [3.05, 3.63) is 42.0 Å². The summed E-state index contributed by atoms with van der Waals surface area (Å²) in [6.07, 6.45) is 4.99. The van der Waals surface area contributed by atoms with E-state index in [0.717, 1.165) is 42.6 Å². The zero-order chi connectivity index (χ0) is 16.4. The van der Waals surface area contributed by atoms with Crippen molar-refractivity contribution in [2.75, 3.05) is 13.2 Å². The van der Waals surface area contributed by atoms with Gasteiger partial charge in [-0.2, -0.15) is 0 Å². The lowest BCUT2D eigenvalue weighted by molar-refractivity contribution is -0.137. The number of unbranched alkanes of at least 4 members (excludes halogenated alkanes) is 3. The van der Waals surface area contributed by atoms with Crippen LogP contribution in [-0.2, 0) is 9.53 Å². The molecule has 0 fully saturated rings. The fraction of sp³-hybridized carbons (Fsp3) is 0.444. The number of carbonyl (C=O) groups excluding carboxylic acids is 2. The van der Waals surface area contributed by atoms with Gasteiger partial charge >= 0.3 is 5.97 Å². The van der Waals surface area contributed by atoms with Gasteiger partial charge < -0.3 is 9.47 Å². The van der Waals surface area contributed by atoms with Gasteiger partial charge in [0.25, 0.3) is 0 Å². The molecule has 0 aromatic heterocycles. The van der Waals surface area contributed by atoms with E-state index in [9.17, 15) is 9.59 Å². The molecule has 0 bridgehead atoms. The van der Waals surface area contributed by atoms with Crippen LogP contribution in [0.25, 0.3) is 0 Å². The summed E-state index contributed by atoms with van der Waals surface area (Å²) in [6, 6.07) is 5.53. The summed E-state index contributed by atoms with van der Waals surface area (Å²) in [5, 5.41) is 0. The lowest BCUT2D eigenvalue weighted by Crippen LogP contribution is -2.02. The molecule has 120 valence electrons. The maximum Gasteiger partial charge on any atom is 0.330 e. The summed E-state index contributed by atoms with van der Waals surface area (Å²) in [6.45, 7) is 7.90. The van der Waals surface area contributed by atoms with Gasteiger partial charge in [0, 0.05) is 11.6 Å². The molecule has 4 nitrogen and oxygen atoms in total. The molecule has 4 heteroatoms. The first kappa shape index (κ1) is 18.0. The van der Waals surface area contributed by atoms with Gasteiger partial charge in [0.15, 0.2) is 5.78 Å². The van der Waals surface area contributed by atoms with Crippen LogP contribution in [-0.4, -0.2) is 25.0 Å². The molecule has 1 rings (SSSR count). The van der Waals surface area contributed by atoms with E-state index < -0.39 is 0 Å².